The first-order chi connectivity index (χ1) is 23.7. The van der Waals surface area contributed by atoms with E-state index in [1.165, 1.54) is 103 Å². The predicted molar refractivity (Wildman–Crippen MR) is 211 cm³/mol. The number of aliphatic hydroxyl groups excluding tert-OH is 2. The van der Waals surface area contributed by atoms with Crippen molar-refractivity contribution in [2.24, 2.45) is 0 Å². The van der Waals surface area contributed by atoms with Crippen molar-refractivity contribution in [2.45, 2.75) is 179 Å². The lowest BCUT2D eigenvalue weighted by Gasteiger charge is -2.02. The van der Waals surface area contributed by atoms with Crippen LogP contribution in [0.15, 0.2) is 60.8 Å². The van der Waals surface area contributed by atoms with Gasteiger partial charge in [0.1, 0.15) is 6.10 Å². The normalized spacial score (nSPS) is 12.8. The predicted octanol–water partition coefficient (Wildman–Crippen LogP) is 11.9. The van der Waals surface area contributed by atoms with Gasteiger partial charge in [-0.2, -0.15) is 0 Å². The van der Waals surface area contributed by atoms with Crippen molar-refractivity contribution in [1.82, 2.24) is 0 Å². The molecule has 0 amide bonds. The Kier molecular flexibility index (Phi) is 37.4. The Morgan fingerprint density at radius 3 is 1.42 bits per heavy atom. The van der Waals surface area contributed by atoms with E-state index in [1.54, 1.807) is 6.08 Å². The van der Waals surface area contributed by atoms with E-state index in [-0.39, 0.29) is 0 Å². The van der Waals surface area contributed by atoms with Crippen molar-refractivity contribution in [2.75, 3.05) is 0 Å². The van der Waals surface area contributed by atoms with Gasteiger partial charge < -0.3 is 10.2 Å². The molecule has 264 valence electrons. The van der Waals surface area contributed by atoms with Crippen LogP contribution in [0, 0.1) is 48.4 Å². The van der Waals surface area contributed by atoms with Crippen LogP contribution in [-0.4, -0.2) is 22.4 Å². The highest BCUT2D eigenvalue weighted by Gasteiger charge is 1.94. The van der Waals surface area contributed by atoms with E-state index < -0.39 is 12.2 Å². The lowest BCUT2D eigenvalue weighted by Crippen LogP contribution is -1.97. The number of hydrogen-bond acceptors (Lipinski definition) is 2. The monoisotopic (exact) mass is 653 g/mol. The van der Waals surface area contributed by atoms with Gasteiger partial charge in [0, 0.05) is 12.8 Å². The second-order valence-electron chi connectivity index (χ2n) is 12.6. The molecule has 2 N–H and O–H groups in total. The summed E-state index contributed by atoms with van der Waals surface area (Å²) in [4.78, 5) is 0. The van der Waals surface area contributed by atoms with E-state index in [1.807, 2.05) is 12.2 Å². The van der Waals surface area contributed by atoms with Crippen molar-refractivity contribution in [1.29, 1.82) is 0 Å². The van der Waals surface area contributed by atoms with E-state index in [4.69, 9.17) is 12.8 Å². The van der Waals surface area contributed by atoms with Gasteiger partial charge in [0.15, 0.2) is 6.10 Å². The minimum absolute atomic E-state index is 0.746. The van der Waals surface area contributed by atoms with Gasteiger partial charge >= 0.3 is 0 Å². The number of aliphatic hydroxyl groups is 2. The molecule has 0 radical (unpaired) electrons. The van der Waals surface area contributed by atoms with Crippen molar-refractivity contribution in [3.63, 3.8) is 0 Å². The van der Waals surface area contributed by atoms with Crippen LogP contribution in [0.4, 0.5) is 0 Å². The highest BCUT2D eigenvalue weighted by molar-refractivity contribution is 5.24. The Morgan fingerprint density at radius 1 is 0.458 bits per heavy atom. The minimum atomic E-state index is -0.867. The topological polar surface area (TPSA) is 40.5 Å². The highest BCUT2D eigenvalue weighted by Crippen LogP contribution is 2.13. The standard InChI is InChI=1S/C46H68O2/c1-3-5-6-7-8-9-10-11-12-13-14-15-16-17-18-19-20-21-25-28-31-34-37-40-43-46(48)44-41-38-35-32-29-26-23-22-24-27-30-33-36-39-42-45(47)4-2/h1-2,6-7,21,23,25-26,34,37,39,42,45-48H,5,8-20,22,24,27-33,35-36,38H2/b7-6+,25-21-,26-23-,37-34+,42-39+. The first-order valence-electron chi connectivity index (χ1n) is 19.2. The number of unbranched alkanes of at least 4 members (excludes halogenated alkanes) is 21. The fraction of sp³-hybridized carbons (Fsp3) is 0.609. The maximum Gasteiger partial charge on any atom is 0.176 e. The molecule has 0 heterocycles. The van der Waals surface area contributed by atoms with Gasteiger partial charge in [-0.1, -0.05) is 149 Å². The quantitative estimate of drug-likeness (QED) is 0.0460. The van der Waals surface area contributed by atoms with Gasteiger partial charge in [0.25, 0.3) is 0 Å². The zero-order valence-corrected chi connectivity index (χ0v) is 30.4. The summed E-state index contributed by atoms with van der Waals surface area (Å²) in [7, 11) is 0. The molecule has 0 aromatic carbocycles. The van der Waals surface area contributed by atoms with E-state index in [9.17, 15) is 10.2 Å². The molecule has 2 nitrogen and oxygen atoms in total. The van der Waals surface area contributed by atoms with Crippen LogP contribution >= 0.6 is 0 Å². The maximum absolute atomic E-state index is 9.93. The molecule has 0 aliphatic carbocycles. The molecule has 2 heteroatoms. The summed E-state index contributed by atoms with van der Waals surface area (Å²) in [5.74, 6) is 16.5. The van der Waals surface area contributed by atoms with Crippen LogP contribution in [0.5, 0.6) is 0 Å². The fourth-order valence-electron chi connectivity index (χ4n) is 5.16. The molecule has 0 aliphatic rings. The molecule has 0 saturated carbocycles. The summed E-state index contributed by atoms with van der Waals surface area (Å²) < 4.78 is 0. The molecule has 0 spiro atoms. The van der Waals surface area contributed by atoms with Crippen molar-refractivity contribution in [3.8, 4) is 48.4 Å². The number of terminal acetylenes is 2. The van der Waals surface area contributed by atoms with Gasteiger partial charge in [-0.05, 0) is 95.6 Å². The third kappa shape index (κ3) is 39.0. The zero-order valence-electron chi connectivity index (χ0n) is 30.4. The van der Waals surface area contributed by atoms with Crippen molar-refractivity contribution >= 4 is 0 Å². The molecule has 0 fully saturated rings. The molecular weight excluding hydrogens is 585 g/mol. The van der Waals surface area contributed by atoms with Crippen molar-refractivity contribution in [3.05, 3.63) is 60.8 Å². The number of hydrogen-bond donors (Lipinski definition) is 2. The second kappa shape index (κ2) is 40.0. The summed E-state index contributed by atoms with van der Waals surface area (Å²) >= 11 is 0. The van der Waals surface area contributed by atoms with Crippen LogP contribution in [-0.2, 0) is 0 Å². The first-order valence-corrected chi connectivity index (χ1v) is 19.2. The largest absolute Gasteiger partial charge is 0.377 e. The summed E-state index contributed by atoms with van der Waals surface area (Å²) in [6.07, 6.45) is 61.0. The number of rotatable bonds is 30. The van der Waals surface area contributed by atoms with Gasteiger partial charge in [-0.3, -0.25) is 0 Å². The summed E-state index contributed by atoms with van der Waals surface area (Å²) in [6, 6.07) is 0. The molecule has 0 aliphatic heterocycles. The third-order valence-electron chi connectivity index (χ3n) is 8.04. The van der Waals surface area contributed by atoms with Gasteiger partial charge in [-0.15, -0.1) is 18.8 Å². The Labute approximate surface area is 297 Å². The molecule has 0 aromatic heterocycles. The molecule has 2 unspecified atom stereocenters. The zero-order chi connectivity index (χ0) is 34.9. The summed E-state index contributed by atoms with van der Waals surface area (Å²) in [5, 5.41) is 19.2. The van der Waals surface area contributed by atoms with E-state index in [0.717, 1.165) is 64.2 Å². The number of allylic oxidation sites excluding steroid dienone is 9. The second-order valence-corrected chi connectivity index (χ2v) is 12.6. The highest BCUT2D eigenvalue weighted by atomic mass is 16.3. The summed E-state index contributed by atoms with van der Waals surface area (Å²) in [6.45, 7) is 0. The lowest BCUT2D eigenvalue weighted by atomic mass is 10.0. The van der Waals surface area contributed by atoms with Crippen LogP contribution < -0.4 is 0 Å². The van der Waals surface area contributed by atoms with Crippen LogP contribution in [0.3, 0.4) is 0 Å². The first kappa shape index (κ1) is 44.9. The molecular formula is C46H68O2. The molecule has 48 heavy (non-hydrogen) atoms. The molecule has 0 rings (SSSR count). The maximum atomic E-state index is 9.93. The Balaban J connectivity index is 3.51. The average Bonchev–Trinajstić information content (AvgIpc) is 3.09. The van der Waals surface area contributed by atoms with E-state index >= 15 is 0 Å². The minimum Gasteiger partial charge on any atom is -0.377 e. The van der Waals surface area contributed by atoms with Crippen LogP contribution in [0.25, 0.3) is 0 Å². The molecule has 2 atom stereocenters. The molecule has 0 aromatic rings. The van der Waals surface area contributed by atoms with Crippen LogP contribution in [0.2, 0.25) is 0 Å². The third-order valence-corrected chi connectivity index (χ3v) is 8.04. The van der Waals surface area contributed by atoms with E-state index in [2.05, 4.69) is 78.1 Å². The SMILES string of the molecule is C#CC/C=C/CCCCCCCCCCCCC/C=C\CC/C=C/C#CC(O)C#CCCCC/C=C\CCCCCC/C=C/C(O)C#C. The van der Waals surface area contributed by atoms with Gasteiger partial charge in [0.05, 0.1) is 0 Å². The van der Waals surface area contributed by atoms with Gasteiger partial charge in [0.2, 0.25) is 0 Å². The molecule has 0 bridgehead atoms. The average molecular weight is 653 g/mol. The van der Waals surface area contributed by atoms with Crippen molar-refractivity contribution < 1.29 is 10.2 Å². The lowest BCUT2D eigenvalue weighted by molar-refractivity contribution is 0.280. The fourth-order valence-corrected chi connectivity index (χ4v) is 5.16. The van der Waals surface area contributed by atoms with Gasteiger partial charge in [-0.25, -0.2) is 0 Å². The summed E-state index contributed by atoms with van der Waals surface area (Å²) in [5.41, 5.74) is 0. The Hall–Kier alpha value is -3.14. The Bertz CT molecular complexity index is 1070. The van der Waals surface area contributed by atoms with Crippen LogP contribution in [0.1, 0.15) is 167 Å². The molecule has 0 saturated heterocycles. The van der Waals surface area contributed by atoms with E-state index in [0.29, 0.717) is 0 Å². The Morgan fingerprint density at radius 2 is 0.896 bits per heavy atom. The smallest absolute Gasteiger partial charge is 0.176 e.